The normalized spacial score (nSPS) is 20.9. The molecule has 2 rings (SSSR count). The van der Waals surface area contributed by atoms with Crippen molar-refractivity contribution in [3.05, 3.63) is 17.9 Å². The Balaban J connectivity index is 2.19. The molecule has 18 heavy (non-hydrogen) atoms. The van der Waals surface area contributed by atoms with Gasteiger partial charge in [0.25, 0.3) is 0 Å². The first-order chi connectivity index (χ1) is 8.29. The molecule has 0 radical (unpaired) electrons. The zero-order valence-corrected chi connectivity index (χ0v) is 10.1. The van der Waals surface area contributed by atoms with Crippen LogP contribution in [0, 0.1) is 11.2 Å². The Hall–Kier alpha value is -1.59. The first-order valence-electron chi connectivity index (χ1n) is 5.60. The third-order valence-electron chi connectivity index (χ3n) is 3.16. The first kappa shape index (κ1) is 12.9. The molecule has 0 amide bonds. The van der Waals surface area contributed by atoms with Gasteiger partial charge in [0, 0.05) is 18.2 Å². The predicted octanol–water partition coefficient (Wildman–Crippen LogP) is 3.22. The molecule has 1 aliphatic rings. The van der Waals surface area contributed by atoms with Crippen LogP contribution < -0.4 is 15.8 Å². The predicted molar refractivity (Wildman–Crippen MR) is 63.3 cm³/mol. The van der Waals surface area contributed by atoms with E-state index in [9.17, 15) is 13.2 Å². The van der Waals surface area contributed by atoms with Crippen molar-refractivity contribution in [1.82, 2.24) is 0 Å². The topological polar surface area (TPSA) is 47.3 Å². The Morgan fingerprint density at radius 1 is 1.44 bits per heavy atom. The SMILES string of the molecule is CC1(C)CC1Nc1cc(OC(F)F)c(F)cc1N. The molecule has 1 fully saturated rings. The van der Waals surface area contributed by atoms with Crippen molar-refractivity contribution in [1.29, 1.82) is 0 Å². The summed E-state index contributed by atoms with van der Waals surface area (Å²) in [6.07, 6.45) is 0.953. The maximum atomic E-state index is 13.3. The largest absolute Gasteiger partial charge is 0.432 e. The second-order valence-corrected chi connectivity index (χ2v) is 5.14. The summed E-state index contributed by atoms with van der Waals surface area (Å²) >= 11 is 0. The molecule has 3 nitrogen and oxygen atoms in total. The maximum absolute atomic E-state index is 13.3. The minimum atomic E-state index is -3.06. The van der Waals surface area contributed by atoms with Crippen LogP contribution in [0.25, 0.3) is 0 Å². The van der Waals surface area contributed by atoms with Gasteiger partial charge in [0.2, 0.25) is 0 Å². The number of rotatable bonds is 4. The van der Waals surface area contributed by atoms with Crippen molar-refractivity contribution >= 4 is 11.4 Å². The third kappa shape index (κ3) is 2.63. The molecule has 100 valence electrons. The fourth-order valence-electron chi connectivity index (χ4n) is 1.78. The summed E-state index contributed by atoms with van der Waals surface area (Å²) in [5.41, 5.74) is 6.38. The van der Waals surface area contributed by atoms with E-state index in [-0.39, 0.29) is 17.1 Å². The van der Waals surface area contributed by atoms with Gasteiger partial charge >= 0.3 is 6.61 Å². The minimum absolute atomic E-state index is 0.143. The van der Waals surface area contributed by atoms with Gasteiger partial charge in [-0.15, -0.1) is 0 Å². The molecular weight excluding hydrogens is 245 g/mol. The van der Waals surface area contributed by atoms with Crippen LogP contribution in [0.4, 0.5) is 24.5 Å². The Morgan fingerprint density at radius 2 is 2.06 bits per heavy atom. The van der Waals surface area contributed by atoms with Crippen molar-refractivity contribution in [3.8, 4) is 5.75 Å². The monoisotopic (exact) mass is 260 g/mol. The summed E-state index contributed by atoms with van der Waals surface area (Å²) in [7, 11) is 0. The van der Waals surface area contributed by atoms with E-state index in [1.807, 2.05) is 0 Å². The van der Waals surface area contributed by atoms with Gasteiger partial charge in [-0.25, -0.2) is 4.39 Å². The molecule has 1 aliphatic carbocycles. The van der Waals surface area contributed by atoms with Crippen LogP contribution >= 0.6 is 0 Å². The molecule has 3 N–H and O–H groups in total. The van der Waals surface area contributed by atoms with E-state index in [0.717, 1.165) is 12.5 Å². The summed E-state index contributed by atoms with van der Waals surface area (Å²) in [5.74, 6) is -1.39. The number of halogens is 3. The molecule has 1 atom stereocenters. The van der Waals surface area contributed by atoms with Gasteiger partial charge in [-0.3, -0.25) is 0 Å². The van der Waals surface area contributed by atoms with E-state index in [2.05, 4.69) is 23.9 Å². The average Bonchev–Trinajstić information content (AvgIpc) is 2.81. The smallest absolute Gasteiger partial charge is 0.387 e. The molecule has 0 aliphatic heterocycles. The van der Waals surface area contributed by atoms with Crippen LogP contribution in [0.5, 0.6) is 5.75 Å². The molecule has 0 bridgehead atoms. The van der Waals surface area contributed by atoms with Gasteiger partial charge in [-0.1, -0.05) is 13.8 Å². The highest BCUT2D eigenvalue weighted by Crippen LogP contribution is 2.47. The lowest BCUT2D eigenvalue weighted by Gasteiger charge is -2.13. The fraction of sp³-hybridized carbons (Fsp3) is 0.500. The van der Waals surface area contributed by atoms with E-state index in [4.69, 9.17) is 5.73 Å². The highest BCUT2D eigenvalue weighted by molar-refractivity contribution is 5.69. The second-order valence-electron chi connectivity index (χ2n) is 5.14. The van der Waals surface area contributed by atoms with Crippen LogP contribution in [-0.4, -0.2) is 12.7 Å². The van der Waals surface area contributed by atoms with E-state index >= 15 is 0 Å². The van der Waals surface area contributed by atoms with Crippen molar-refractivity contribution < 1.29 is 17.9 Å². The molecular formula is C12H15F3N2O. The molecule has 1 saturated carbocycles. The highest BCUT2D eigenvalue weighted by atomic mass is 19.3. The molecule has 0 aromatic heterocycles. The summed E-state index contributed by atoms with van der Waals surface area (Å²) < 4.78 is 41.6. The Kier molecular flexibility index (Phi) is 3.04. The van der Waals surface area contributed by atoms with E-state index in [1.54, 1.807) is 0 Å². The van der Waals surface area contributed by atoms with Crippen LogP contribution in [0.15, 0.2) is 12.1 Å². The van der Waals surface area contributed by atoms with Gasteiger partial charge < -0.3 is 15.8 Å². The van der Waals surface area contributed by atoms with Crippen molar-refractivity contribution in [2.45, 2.75) is 32.9 Å². The number of alkyl halides is 2. The number of nitrogens with two attached hydrogens (primary N) is 1. The van der Waals surface area contributed by atoms with E-state index < -0.39 is 18.2 Å². The number of hydrogen-bond donors (Lipinski definition) is 2. The minimum Gasteiger partial charge on any atom is -0.432 e. The van der Waals surface area contributed by atoms with Crippen molar-refractivity contribution in [2.75, 3.05) is 11.1 Å². The second kappa shape index (κ2) is 4.26. The van der Waals surface area contributed by atoms with E-state index in [1.165, 1.54) is 6.07 Å². The summed E-state index contributed by atoms with van der Waals surface area (Å²) in [6.45, 7) is 1.08. The van der Waals surface area contributed by atoms with Crippen LogP contribution in [0.1, 0.15) is 20.3 Å². The Bertz CT molecular complexity index is 463. The van der Waals surface area contributed by atoms with Gasteiger partial charge in [-0.2, -0.15) is 8.78 Å². The van der Waals surface area contributed by atoms with Gasteiger partial charge in [0.05, 0.1) is 11.4 Å². The lowest BCUT2D eigenvalue weighted by molar-refractivity contribution is -0.0521. The lowest BCUT2D eigenvalue weighted by Crippen LogP contribution is -2.11. The number of benzene rings is 1. The van der Waals surface area contributed by atoms with Crippen molar-refractivity contribution in [3.63, 3.8) is 0 Å². The quantitative estimate of drug-likeness (QED) is 0.817. The molecule has 1 unspecified atom stereocenters. The van der Waals surface area contributed by atoms with E-state index in [0.29, 0.717) is 5.69 Å². The van der Waals surface area contributed by atoms with Crippen LogP contribution in [-0.2, 0) is 0 Å². The zero-order chi connectivity index (χ0) is 13.5. The molecule has 0 spiro atoms. The summed E-state index contributed by atoms with van der Waals surface area (Å²) in [4.78, 5) is 0. The fourth-order valence-corrected chi connectivity index (χ4v) is 1.78. The number of hydrogen-bond acceptors (Lipinski definition) is 3. The molecule has 1 aromatic rings. The lowest BCUT2D eigenvalue weighted by atomic mass is 10.2. The summed E-state index contributed by atoms with van der Waals surface area (Å²) in [5, 5.41) is 3.10. The number of ether oxygens (including phenoxy) is 1. The first-order valence-corrected chi connectivity index (χ1v) is 5.60. The van der Waals surface area contributed by atoms with Crippen molar-refractivity contribution in [2.24, 2.45) is 5.41 Å². The standard InChI is InChI=1S/C12H15F3N2O/c1-12(2)5-10(12)17-8-4-9(18-11(14)15)6(13)3-7(8)16/h3-4,10-11,17H,5,16H2,1-2H3. The third-order valence-corrected chi connectivity index (χ3v) is 3.16. The average molecular weight is 260 g/mol. The number of nitrogen functional groups attached to an aromatic ring is 1. The number of anilines is 2. The Morgan fingerprint density at radius 3 is 2.56 bits per heavy atom. The molecule has 0 heterocycles. The number of nitrogens with one attached hydrogen (secondary N) is 1. The van der Waals surface area contributed by atoms with Gasteiger partial charge in [0.15, 0.2) is 11.6 Å². The molecule has 0 saturated heterocycles. The van der Waals surface area contributed by atoms with Crippen LogP contribution in [0.2, 0.25) is 0 Å². The molecule has 6 heteroatoms. The zero-order valence-electron chi connectivity index (χ0n) is 10.1. The summed E-state index contributed by atoms with van der Waals surface area (Å²) in [6, 6.07) is 2.37. The Labute approximate surface area is 103 Å². The van der Waals surface area contributed by atoms with Gasteiger partial charge in [-0.05, 0) is 11.8 Å². The maximum Gasteiger partial charge on any atom is 0.387 e. The van der Waals surface area contributed by atoms with Gasteiger partial charge in [0.1, 0.15) is 0 Å². The highest BCUT2D eigenvalue weighted by Gasteiger charge is 2.45. The van der Waals surface area contributed by atoms with Crippen LogP contribution in [0.3, 0.4) is 0 Å². The molecule has 1 aromatic carbocycles.